The summed E-state index contributed by atoms with van der Waals surface area (Å²) in [5, 5.41) is 13.5. The van der Waals surface area contributed by atoms with Gasteiger partial charge in [0, 0.05) is 24.5 Å². The molecule has 158 valence electrons. The maximum absolute atomic E-state index is 12.7. The summed E-state index contributed by atoms with van der Waals surface area (Å²) in [5.41, 5.74) is 11.9. The number of rotatable bonds is 8. The molecule has 10 nitrogen and oxygen atoms in total. The SMILES string of the molecule is NC[C@@H](CC(F)(F)F)Nc1ncc(C(N)=O)c(Nc2cccc(-n3nccn3)c2)n1. The minimum Gasteiger partial charge on any atom is -0.365 e. The molecule has 1 amide bonds. The molecular weight excluding hydrogens is 403 g/mol. The van der Waals surface area contributed by atoms with E-state index >= 15 is 0 Å². The van der Waals surface area contributed by atoms with Crippen LogP contribution in [0, 0.1) is 0 Å². The molecule has 30 heavy (non-hydrogen) atoms. The number of primary amides is 1. The lowest BCUT2D eigenvalue weighted by molar-refractivity contribution is -0.136. The molecule has 0 fully saturated rings. The number of carbonyl (C=O) groups excluding carboxylic acids is 1. The van der Waals surface area contributed by atoms with Crippen LogP contribution in [0.5, 0.6) is 0 Å². The summed E-state index contributed by atoms with van der Waals surface area (Å²) in [6, 6.07) is 5.73. The fourth-order valence-corrected chi connectivity index (χ4v) is 2.58. The fourth-order valence-electron chi connectivity index (χ4n) is 2.58. The summed E-state index contributed by atoms with van der Waals surface area (Å²) >= 11 is 0. The fraction of sp³-hybridized carbons (Fsp3) is 0.235. The van der Waals surface area contributed by atoms with Gasteiger partial charge in [0.2, 0.25) is 5.95 Å². The Morgan fingerprint density at radius 1 is 1.23 bits per heavy atom. The second kappa shape index (κ2) is 8.73. The molecule has 13 heteroatoms. The molecule has 1 atom stereocenters. The van der Waals surface area contributed by atoms with Gasteiger partial charge >= 0.3 is 6.18 Å². The molecule has 0 saturated heterocycles. The van der Waals surface area contributed by atoms with Crippen LogP contribution in [0.2, 0.25) is 0 Å². The van der Waals surface area contributed by atoms with Gasteiger partial charge in [0.15, 0.2) is 0 Å². The van der Waals surface area contributed by atoms with Gasteiger partial charge in [-0.05, 0) is 18.2 Å². The molecule has 0 saturated carbocycles. The number of halogens is 3. The normalized spacial score (nSPS) is 12.4. The Bertz CT molecular complexity index is 1010. The highest BCUT2D eigenvalue weighted by Crippen LogP contribution is 2.24. The van der Waals surface area contributed by atoms with Gasteiger partial charge in [-0.15, -0.1) is 0 Å². The Kier molecular flexibility index (Phi) is 6.11. The van der Waals surface area contributed by atoms with Crippen LogP contribution in [0.1, 0.15) is 16.8 Å². The molecule has 2 aromatic heterocycles. The van der Waals surface area contributed by atoms with Crippen LogP contribution in [0.15, 0.2) is 42.9 Å². The summed E-state index contributed by atoms with van der Waals surface area (Å²) in [6.45, 7) is -0.290. The van der Waals surface area contributed by atoms with Crippen molar-refractivity contribution in [3.8, 4) is 5.69 Å². The molecule has 3 aromatic rings. The number of benzene rings is 1. The van der Waals surface area contributed by atoms with E-state index in [1.165, 1.54) is 17.2 Å². The monoisotopic (exact) mass is 421 g/mol. The van der Waals surface area contributed by atoms with Gasteiger partial charge in [-0.25, -0.2) is 4.98 Å². The number of carbonyl (C=O) groups is 1. The zero-order valence-corrected chi connectivity index (χ0v) is 15.5. The van der Waals surface area contributed by atoms with Crippen molar-refractivity contribution >= 4 is 23.4 Å². The number of alkyl halides is 3. The molecule has 6 N–H and O–H groups in total. The van der Waals surface area contributed by atoms with Gasteiger partial charge in [0.1, 0.15) is 11.4 Å². The average molecular weight is 421 g/mol. The van der Waals surface area contributed by atoms with Crippen molar-refractivity contribution in [2.45, 2.75) is 18.6 Å². The van der Waals surface area contributed by atoms with E-state index in [-0.39, 0.29) is 23.9 Å². The Hall–Kier alpha value is -3.74. The Balaban J connectivity index is 1.87. The average Bonchev–Trinajstić information content (AvgIpc) is 3.21. The maximum atomic E-state index is 12.7. The number of hydrogen-bond donors (Lipinski definition) is 4. The second-order valence-corrected chi connectivity index (χ2v) is 6.21. The number of amides is 1. The minimum absolute atomic E-state index is 0.0216. The first-order valence-electron chi connectivity index (χ1n) is 8.69. The van der Waals surface area contributed by atoms with Crippen LogP contribution < -0.4 is 22.1 Å². The molecule has 3 rings (SSSR count). The van der Waals surface area contributed by atoms with Crippen molar-refractivity contribution in [3.63, 3.8) is 0 Å². The Morgan fingerprint density at radius 2 is 1.97 bits per heavy atom. The van der Waals surface area contributed by atoms with Gasteiger partial charge in [-0.1, -0.05) is 6.07 Å². The second-order valence-electron chi connectivity index (χ2n) is 6.21. The predicted octanol–water partition coefficient (Wildman–Crippen LogP) is 1.59. The van der Waals surface area contributed by atoms with E-state index in [9.17, 15) is 18.0 Å². The van der Waals surface area contributed by atoms with Crippen molar-refractivity contribution in [2.24, 2.45) is 11.5 Å². The molecule has 0 spiro atoms. The van der Waals surface area contributed by atoms with Crippen LogP contribution in [0.4, 0.5) is 30.6 Å². The highest BCUT2D eigenvalue weighted by Gasteiger charge is 2.31. The van der Waals surface area contributed by atoms with Crippen molar-refractivity contribution in [1.82, 2.24) is 25.0 Å². The summed E-state index contributed by atoms with van der Waals surface area (Å²) in [7, 11) is 0. The smallest absolute Gasteiger partial charge is 0.365 e. The number of nitrogens with two attached hydrogens (primary N) is 2. The first kappa shape index (κ1) is 21.0. The van der Waals surface area contributed by atoms with Gasteiger partial charge in [0.25, 0.3) is 5.91 Å². The number of hydrogen-bond acceptors (Lipinski definition) is 8. The summed E-state index contributed by atoms with van der Waals surface area (Å²) in [6.07, 6.45) is -1.41. The summed E-state index contributed by atoms with van der Waals surface area (Å²) in [4.78, 5) is 21.1. The number of nitrogens with zero attached hydrogens (tertiary/aromatic N) is 5. The molecule has 0 radical (unpaired) electrons. The summed E-state index contributed by atoms with van der Waals surface area (Å²) in [5.74, 6) is -0.917. The van der Waals surface area contributed by atoms with E-state index in [2.05, 4.69) is 30.8 Å². The Morgan fingerprint density at radius 3 is 2.60 bits per heavy atom. The van der Waals surface area contributed by atoms with Gasteiger partial charge in [-0.2, -0.15) is 33.1 Å². The number of anilines is 3. The van der Waals surface area contributed by atoms with Crippen LogP contribution in [-0.2, 0) is 0 Å². The number of nitrogens with one attached hydrogen (secondary N) is 2. The van der Waals surface area contributed by atoms with Crippen molar-refractivity contribution < 1.29 is 18.0 Å². The zero-order chi connectivity index (χ0) is 21.7. The third-order valence-electron chi connectivity index (χ3n) is 3.91. The van der Waals surface area contributed by atoms with E-state index in [1.54, 1.807) is 24.3 Å². The molecule has 0 aliphatic heterocycles. The topological polar surface area (TPSA) is 150 Å². The standard InChI is InChI=1S/C17H18F3N9O/c18-17(19,20)7-11(8-21)27-16-23-9-13(14(22)30)15(28-16)26-10-2-1-3-12(6-10)29-24-4-5-25-29/h1-6,9,11H,7-8,21H2,(H2,22,30)(H2,23,26,27,28)/t11-/m1/s1. The number of aromatic nitrogens is 5. The lowest BCUT2D eigenvalue weighted by Crippen LogP contribution is -2.34. The molecular formula is C17H18F3N9O. The predicted molar refractivity (Wildman–Crippen MR) is 102 cm³/mol. The van der Waals surface area contributed by atoms with Crippen molar-refractivity contribution in [3.05, 3.63) is 48.4 Å². The first-order chi connectivity index (χ1) is 14.2. The Labute approximate surface area is 168 Å². The molecule has 1 aromatic carbocycles. The highest BCUT2D eigenvalue weighted by molar-refractivity contribution is 5.98. The largest absolute Gasteiger partial charge is 0.391 e. The third kappa shape index (κ3) is 5.41. The summed E-state index contributed by atoms with van der Waals surface area (Å²) < 4.78 is 38.0. The van der Waals surface area contributed by atoms with Crippen LogP contribution in [0.25, 0.3) is 5.69 Å². The quantitative estimate of drug-likeness (QED) is 0.428. The minimum atomic E-state index is -4.41. The lowest BCUT2D eigenvalue weighted by Gasteiger charge is -2.19. The van der Waals surface area contributed by atoms with E-state index < -0.39 is 24.5 Å². The van der Waals surface area contributed by atoms with Crippen LogP contribution >= 0.6 is 0 Å². The van der Waals surface area contributed by atoms with Gasteiger partial charge < -0.3 is 22.1 Å². The van der Waals surface area contributed by atoms with Crippen LogP contribution in [-0.4, -0.2) is 49.6 Å². The van der Waals surface area contributed by atoms with E-state index in [0.717, 1.165) is 6.20 Å². The molecule has 0 bridgehead atoms. The van der Waals surface area contributed by atoms with E-state index in [0.29, 0.717) is 11.4 Å². The van der Waals surface area contributed by atoms with E-state index in [4.69, 9.17) is 11.5 Å². The van der Waals surface area contributed by atoms with Gasteiger partial charge in [0.05, 0.1) is 24.5 Å². The third-order valence-corrected chi connectivity index (χ3v) is 3.91. The molecule has 0 aliphatic rings. The highest BCUT2D eigenvalue weighted by atomic mass is 19.4. The van der Waals surface area contributed by atoms with Gasteiger partial charge in [-0.3, -0.25) is 4.79 Å². The zero-order valence-electron chi connectivity index (χ0n) is 15.5. The molecule has 0 unspecified atom stereocenters. The van der Waals surface area contributed by atoms with E-state index in [1.807, 2.05) is 0 Å². The molecule has 0 aliphatic carbocycles. The van der Waals surface area contributed by atoms with Crippen molar-refractivity contribution in [2.75, 3.05) is 17.2 Å². The first-order valence-corrected chi connectivity index (χ1v) is 8.69. The van der Waals surface area contributed by atoms with Crippen LogP contribution in [0.3, 0.4) is 0 Å². The van der Waals surface area contributed by atoms with Crippen molar-refractivity contribution in [1.29, 1.82) is 0 Å². The lowest BCUT2D eigenvalue weighted by atomic mass is 10.2. The molecule has 2 heterocycles. The maximum Gasteiger partial charge on any atom is 0.391 e.